The highest BCUT2D eigenvalue weighted by Crippen LogP contribution is 2.43. The molecule has 0 saturated carbocycles. The summed E-state index contributed by atoms with van der Waals surface area (Å²) in [5.41, 5.74) is 5.30. The minimum atomic E-state index is -2.65. The molecule has 1 unspecified atom stereocenters. The maximum absolute atomic E-state index is 13.0. The van der Waals surface area contributed by atoms with Crippen LogP contribution in [0.5, 0.6) is 0 Å². The summed E-state index contributed by atoms with van der Waals surface area (Å²) in [6.45, 7) is 0. The lowest BCUT2D eigenvalue weighted by Gasteiger charge is -2.20. The van der Waals surface area contributed by atoms with Crippen LogP contribution in [0.1, 0.15) is 34.5 Å². The number of nitriles is 1. The van der Waals surface area contributed by atoms with E-state index in [1.807, 2.05) is 10.6 Å². The Hall–Kier alpha value is -3.40. The number of nitrogens with zero attached hydrogens (tertiary/aromatic N) is 2. The van der Waals surface area contributed by atoms with Crippen LogP contribution in [0.2, 0.25) is 5.02 Å². The number of fused-ring (bicyclic) bond motifs is 1. The number of halogens is 1. The summed E-state index contributed by atoms with van der Waals surface area (Å²) in [6.07, 6.45) is 1.43. The molecule has 30 heavy (non-hydrogen) atoms. The zero-order chi connectivity index (χ0) is 21.5. The first kappa shape index (κ1) is 19.9. The quantitative estimate of drug-likeness (QED) is 0.630. The molecule has 1 aliphatic carbocycles. The first-order valence-corrected chi connectivity index (χ1v) is 9.82. The zero-order valence-electron chi connectivity index (χ0n) is 15.9. The van der Waals surface area contributed by atoms with E-state index in [1.54, 1.807) is 54.6 Å². The maximum Gasteiger partial charge on any atom is 0.269 e. The number of primary amides is 1. The van der Waals surface area contributed by atoms with Crippen LogP contribution < -0.4 is 5.73 Å². The van der Waals surface area contributed by atoms with Crippen molar-refractivity contribution in [2.45, 2.75) is 24.9 Å². The fourth-order valence-corrected chi connectivity index (χ4v) is 4.16. The second-order valence-corrected chi connectivity index (χ2v) is 7.62. The van der Waals surface area contributed by atoms with Crippen LogP contribution >= 0.6 is 11.6 Å². The van der Waals surface area contributed by atoms with Crippen LogP contribution in [0.4, 0.5) is 0 Å². The number of Topliss-reactive ketones (excluding diaryl/α,β-unsaturated/α-hetero) is 1. The number of aliphatic hydroxyl groups is 1. The van der Waals surface area contributed by atoms with Crippen molar-refractivity contribution < 1.29 is 14.7 Å². The third kappa shape index (κ3) is 3.00. The van der Waals surface area contributed by atoms with Gasteiger partial charge in [0.1, 0.15) is 6.07 Å². The van der Waals surface area contributed by atoms with Gasteiger partial charge in [0.25, 0.3) is 11.5 Å². The molecular weight excluding hydrogens is 402 g/mol. The van der Waals surface area contributed by atoms with Crippen LogP contribution in [0.3, 0.4) is 0 Å². The molecule has 0 bridgehead atoms. The van der Waals surface area contributed by atoms with Gasteiger partial charge in [0.05, 0.1) is 5.69 Å². The Morgan fingerprint density at radius 1 is 1.13 bits per heavy atom. The second kappa shape index (κ2) is 7.45. The van der Waals surface area contributed by atoms with Crippen LogP contribution in [-0.2, 0) is 16.8 Å². The molecule has 150 valence electrons. The summed E-state index contributed by atoms with van der Waals surface area (Å²) in [5.74, 6) is -1.46. The predicted octanol–water partition coefficient (Wildman–Crippen LogP) is 3.51. The monoisotopic (exact) mass is 419 g/mol. The van der Waals surface area contributed by atoms with E-state index in [2.05, 4.69) is 0 Å². The summed E-state index contributed by atoms with van der Waals surface area (Å²) in [4.78, 5) is 25.2. The van der Waals surface area contributed by atoms with Gasteiger partial charge in [0, 0.05) is 34.0 Å². The lowest BCUT2D eigenvalue weighted by molar-refractivity contribution is -0.131. The van der Waals surface area contributed by atoms with Gasteiger partial charge < -0.3 is 15.4 Å². The first-order valence-electron chi connectivity index (χ1n) is 9.44. The fourth-order valence-electron chi connectivity index (χ4n) is 4.03. The van der Waals surface area contributed by atoms with Gasteiger partial charge in [-0.1, -0.05) is 41.9 Å². The Kier molecular flexibility index (Phi) is 4.94. The summed E-state index contributed by atoms with van der Waals surface area (Å²) < 4.78 is 1.82. The number of rotatable bonds is 4. The number of nitrogens with two attached hydrogens (primary N) is 1. The highest BCUT2D eigenvalue weighted by molar-refractivity contribution is 6.30. The molecule has 0 fully saturated rings. The van der Waals surface area contributed by atoms with Crippen LogP contribution in [0.25, 0.3) is 16.9 Å². The average molecular weight is 420 g/mol. The molecule has 0 radical (unpaired) electrons. The summed E-state index contributed by atoms with van der Waals surface area (Å²) >= 11 is 6.06. The third-order valence-corrected chi connectivity index (χ3v) is 5.63. The molecule has 4 rings (SSSR count). The second-order valence-electron chi connectivity index (χ2n) is 7.19. The Labute approximate surface area is 178 Å². The number of amides is 1. The molecule has 1 aliphatic rings. The van der Waals surface area contributed by atoms with Crippen molar-refractivity contribution in [2.24, 2.45) is 5.73 Å². The van der Waals surface area contributed by atoms with E-state index < -0.39 is 11.5 Å². The van der Waals surface area contributed by atoms with E-state index >= 15 is 0 Å². The lowest BCUT2D eigenvalue weighted by atomic mass is 9.84. The molecule has 1 amide bonds. The van der Waals surface area contributed by atoms with Gasteiger partial charge in [0.15, 0.2) is 5.78 Å². The molecule has 1 atom stereocenters. The Balaban J connectivity index is 2.20. The number of hydrogen-bond donors (Lipinski definition) is 2. The van der Waals surface area contributed by atoms with Crippen LogP contribution in [-0.4, -0.2) is 21.4 Å². The predicted molar refractivity (Wildman–Crippen MR) is 112 cm³/mol. The molecule has 0 saturated heterocycles. The van der Waals surface area contributed by atoms with Gasteiger partial charge in [-0.15, -0.1) is 0 Å². The normalized spacial score (nSPS) is 15.2. The summed E-state index contributed by atoms with van der Waals surface area (Å²) in [5, 5.41) is 21.4. The van der Waals surface area contributed by atoms with Crippen LogP contribution in [0, 0.1) is 11.3 Å². The van der Waals surface area contributed by atoms with E-state index in [4.69, 9.17) is 17.3 Å². The van der Waals surface area contributed by atoms with Gasteiger partial charge in [-0.05, 0) is 42.7 Å². The number of carbonyl (C=O) groups excluding carboxylic acids is 2. The number of benzene rings is 2. The van der Waals surface area contributed by atoms with Gasteiger partial charge in [-0.2, -0.15) is 5.26 Å². The number of carbonyl (C=O) groups is 2. The number of ketones is 1. The molecule has 6 nitrogen and oxygen atoms in total. The van der Waals surface area contributed by atoms with Crippen molar-refractivity contribution in [1.82, 2.24) is 4.57 Å². The topological polar surface area (TPSA) is 109 Å². The summed E-state index contributed by atoms with van der Waals surface area (Å²) in [7, 11) is 0. The standard InChI is InChI=1S/C23H18ClN3O3/c24-15-9-11-16(12-10-15)27-17-7-4-8-18(28)19(17)20(23(30,13-25)22(26)29)21(27)14-5-2-1-3-6-14/h1-3,5-6,9-12,30H,4,7-8H2,(H2,26,29). The summed E-state index contributed by atoms with van der Waals surface area (Å²) in [6, 6.07) is 17.7. The van der Waals surface area contributed by atoms with Crippen molar-refractivity contribution in [3.63, 3.8) is 0 Å². The van der Waals surface area contributed by atoms with Crippen molar-refractivity contribution in [2.75, 3.05) is 0 Å². The van der Waals surface area contributed by atoms with E-state index in [0.717, 1.165) is 0 Å². The van der Waals surface area contributed by atoms with Crippen molar-refractivity contribution in [3.05, 3.63) is 76.4 Å². The third-order valence-electron chi connectivity index (χ3n) is 5.38. The van der Waals surface area contributed by atoms with Gasteiger partial charge >= 0.3 is 0 Å². The minimum Gasteiger partial charge on any atom is -0.366 e. The molecule has 3 aromatic rings. The molecule has 2 aromatic carbocycles. The maximum atomic E-state index is 13.0. The SMILES string of the molecule is N#CC(O)(C(N)=O)c1c2c(n(-c3ccc(Cl)cc3)c1-c1ccccc1)CCCC2=O. The fraction of sp³-hybridized carbons (Fsp3) is 0.174. The van der Waals surface area contributed by atoms with E-state index in [9.17, 15) is 20.0 Å². The van der Waals surface area contributed by atoms with Crippen LogP contribution in [0.15, 0.2) is 54.6 Å². The first-order chi connectivity index (χ1) is 14.4. The highest BCUT2D eigenvalue weighted by atomic mass is 35.5. The van der Waals surface area contributed by atoms with Gasteiger partial charge in [-0.3, -0.25) is 9.59 Å². The number of aromatic nitrogens is 1. The number of hydrogen-bond acceptors (Lipinski definition) is 4. The Morgan fingerprint density at radius 3 is 2.40 bits per heavy atom. The van der Waals surface area contributed by atoms with E-state index in [0.29, 0.717) is 40.5 Å². The largest absolute Gasteiger partial charge is 0.366 e. The molecule has 3 N–H and O–H groups in total. The smallest absolute Gasteiger partial charge is 0.269 e. The van der Waals surface area contributed by atoms with Gasteiger partial charge in [0.2, 0.25) is 0 Å². The molecule has 0 spiro atoms. The molecule has 0 aliphatic heterocycles. The van der Waals surface area contributed by atoms with Crippen molar-refractivity contribution in [3.8, 4) is 23.0 Å². The molecular formula is C23H18ClN3O3. The minimum absolute atomic E-state index is 0.0571. The van der Waals surface area contributed by atoms with E-state index in [-0.39, 0.29) is 23.3 Å². The molecule has 1 heterocycles. The zero-order valence-corrected chi connectivity index (χ0v) is 16.7. The average Bonchev–Trinajstić information content (AvgIpc) is 3.11. The Morgan fingerprint density at radius 2 is 1.80 bits per heavy atom. The lowest BCUT2D eigenvalue weighted by Crippen LogP contribution is -2.41. The highest BCUT2D eigenvalue weighted by Gasteiger charge is 2.46. The molecule has 1 aromatic heterocycles. The van der Waals surface area contributed by atoms with Crippen molar-refractivity contribution in [1.29, 1.82) is 5.26 Å². The molecule has 7 heteroatoms. The van der Waals surface area contributed by atoms with Crippen molar-refractivity contribution >= 4 is 23.3 Å². The van der Waals surface area contributed by atoms with E-state index in [1.165, 1.54) is 0 Å². The Bertz CT molecular complexity index is 1190. The van der Waals surface area contributed by atoms with Gasteiger partial charge in [-0.25, -0.2) is 0 Å².